The first-order valence-electron chi connectivity index (χ1n) is 26.9. The van der Waals surface area contributed by atoms with Gasteiger partial charge in [0.2, 0.25) is 0 Å². The molecule has 2 nitrogen and oxygen atoms in total. The van der Waals surface area contributed by atoms with Crippen LogP contribution in [0.1, 0.15) is 45.4 Å². The third-order valence-corrected chi connectivity index (χ3v) is 18.0. The van der Waals surface area contributed by atoms with Gasteiger partial charge in [-0.2, -0.15) is 0 Å². The Morgan fingerprint density at radius 1 is 0.355 bits per heavy atom. The molecule has 1 aromatic heterocycles. The fourth-order valence-electron chi connectivity index (χ4n) is 15.1. The van der Waals surface area contributed by atoms with E-state index in [1.54, 1.807) is 0 Å². The van der Waals surface area contributed by atoms with Gasteiger partial charge in [0.1, 0.15) is 0 Å². The number of rotatable bonds is 5. The maximum absolute atomic E-state index is 2.57. The molecule has 0 radical (unpaired) electrons. The van der Waals surface area contributed by atoms with E-state index in [-0.39, 0.29) is 5.92 Å². The summed E-state index contributed by atoms with van der Waals surface area (Å²) in [7, 11) is 0. The van der Waals surface area contributed by atoms with Gasteiger partial charge < -0.3 is 9.47 Å². The van der Waals surface area contributed by atoms with Crippen molar-refractivity contribution in [2.75, 3.05) is 4.90 Å². The van der Waals surface area contributed by atoms with Crippen LogP contribution in [0.2, 0.25) is 0 Å². The Balaban J connectivity index is 0.975. The predicted molar refractivity (Wildman–Crippen MR) is 317 cm³/mol. The van der Waals surface area contributed by atoms with E-state index in [1.807, 2.05) is 0 Å². The summed E-state index contributed by atoms with van der Waals surface area (Å²) in [6.45, 7) is 0. The first-order chi connectivity index (χ1) is 37.7. The fourth-order valence-corrected chi connectivity index (χ4v) is 15.1. The van der Waals surface area contributed by atoms with E-state index in [4.69, 9.17) is 0 Å². The van der Waals surface area contributed by atoms with Gasteiger partial charge in [-0.1, -0.05) is 224 Å². The summed E-state index contributed by atoms with van der Waals surface area (Å²) < 4.78 is 2.54. The van der Waals surface area contributed by atoms with Crippen LogP contribution in [0.3, 0.4) is 0 Å². The van der Waals surface area contributed by atoms with Crippen molar-refractivity contribution >= 4 is 71.2 Å². The van der Waals surface area contributed by atoms with Crippen molar-refractivity contribution in [3.05, 3.63) is 312 Å². The summed E-state index contributed by atoms with van der Waals surface area (Å²) in [5, 5.41) is 10.1. The molecule has 0 amide bonds. The molecule has 0 bridgehead atoms. The largest absolute Gasteiger partial charge is 0.310 e. The lowest BCUT2D eigenvalue weighted by Gasteiger charge is -2.40. The van der Waals surface area contributed by atoms with Crippen LogP contribution in [-0.4, -0.2) is 4.57 Å². The van der Waals surface area contributed by atoms with Gasteiger partial charge in [-0.15, -0.1) is 0 Å². The zero-order chi connectivity index (χ0) is 49.7. The Bertz CT molecular complexity index is 4670. The number of fused-ring (bicyclic) bond motifs is 21. The monoisotopic (exact) mass is 964 g/mol. The molecule has 3 aliphatic carbocycles. The number of nitrogens with zero attached hydrogens (tertiary/aromatic N) is 2. The molecule has 3 atom stereocenters. The zero-order valence-electron chi connectivity index (χ0n) is 41.7. The number of allylic oxidation sites excluding steroid dienone is 4. The molecule has 1 aliphatic heterocycles. The highest BCUT2D eigenvalue weighted by molar-refractivity contribution is 6.26. The zero-order valence-corrected chi connectivity index (χ0v) is 41.7. The highest BCUT2D eigenvalue weighted by atomic mass is 15.1. The second kappa shape index (κ2) is 15.5. The fraction of sp³-hybridized carbons (Fsp3) is 0.0541. The Morgan fingerprint density at radius 3 is 1.62 bits per heavy atom. The molecule has 12 aromatic carbocycles. The number of benzene rings is 12. The van der Waals surface area contributed by atoms with Crippen molar-refractivity contribution in [3.8, 4) is 27.9 Å². The Labute approximate surface area is 441 Å². The normalized spacial score (nSPS) is 18.3. The van der Waals surface area contributed by atoms with E-state index in [0.717, 1.165) is 23.5 Å². The van der Waals surface area contributed by atoms with Crippen molar-refractivity contribution in [1.29, 1.82) is 0 Å². The van der Waals surface area contributed by atoms with Gasteiger partial charge in [-0.3, -0.25) is 0 Å². The van der Waals surface area contributed by atoms with Crippen LogP contribution >= 0.6 is 0 Å². The van der Waals surface area contributed by atoms with Gasteiger partial charge in [0.05, 0.1) is 27.6 Å². The summed E-state index contributed by atoms with van der Waals surface area (Å²) in [5.74, 6) is 0.203. The van der Waals surface area contributed by atoms with E-state index in [2.05, 4.69) is 282 Å². The number of aromatic nitrogens is 1. The minimum absolute atomic E-state index is 0.203. The van der Waals surface area contributed by atoms with Crippen molar-refractivity contribution in [1.82, 2.24) is 4.57 Å². The van der Waals surface area contributed by atoms with Gasteiger partial charge >= 0.3 is 0 Å². The quantitative estimate of drug-likeness (QED) is 0.156. The number of hydrogen-bond acceptors (Lipinski definition) is 1. The summed E-state index contributed by atoms with van der Waals surface area (Å²) in [6.07, 6.45) is 10.2. The molecule has 2 heteroatoms. The highest BCUT2D eigenvalue weighted by Gasteiger charge is 2.52. The summed E-state index contributed by atoms with van der Waals surface area (Å²) in [5.41, 5.74) is 20.5. The molecule has 13 aromatic rings. The number of hydrogen-bond donors (Lipinski definition) is 0. The highest BCUT2D eigenvalue weighted by Crippen LogP contribution is 2.63. The standard InChI is InChI=1S/C74H48N2/c1-3-20-47(21-4-1)73(48-22-5-2-6-23-48)64-32-14-11-28-57(64)59-42-39-50(45-68(59)73)75(49-38-41-56-54-26-8-7-24-52(54)53-25-9-10-27-55(53)63(56)44-49)51-40-43-60-58-29-12-15-33-65(58)74(69(60)46-51)66-34-16-18-37-71(66)76-70-36-17-13-30-61(70)62-31-19-35-67(74)72(62)76/h1-22,24-46,48H,23H2. The Kier molecular flexibility index (Phi) is 8.56. The van der Waals surface area contributed by atoms with Gasteiger partial charge in [0.25, 0.3) is 0 Å². The van der Waals surface area contributed by atoms with E-state index in [0.29, 0.717) is 0 Å². The molecule has 2 heterocycles. The topological polar surface area (TPSA) is 8.17 Å². The van der Waals surface area contributed by atoms with Gasteiger partial charge in [0.15, 0.2) is 0 Å². The molecular formula is C74H48N2. The first-order valence-corrected chi connectivity index (χ1v) is 26.9. The Hall–Kier alpha value is -9.50. The van der Waals surface area contributed by atoms with Crippen molar-refractivity contribution < 1.29 is 0 Å². The molecular weight excluding hydrogens is 917 g/mol. The number of anilines is 3. The van der Waals surface area contributed by atoms with Crippen LogP contribution in [0.5, 0.6) is 0 Å². The first kappa shape index (κ1) is 41.9. The average molecular weight is 965 g/mol. The molecule has 0 N–H and O–H groups in total. The van der Waals surface area contributed by atoms with E-state index >= 15 is 0 Å². The van der Waals surface area contributed by atoms with Crippen LogP contribution < -0.4 is 4.90 Å². The van der Waals surface area contributed by atoms with Crippen molar-refractivity contribution in [2.24, 2.45) is 5.92 Å². The average Bonchev–Trinajstić information content (AvgIpc) is 4.16. The molecule has 3 unspecified atom stereocenters. The summed E-state index contributed by atoms with van der Waals surface area (Å²) >= 11 is 0. The maximum Gasteiger partial charge on any atom is 0.0755 e. The van der Waals surface area contributed by atoms with E-state index < -0.39 is 10.8 Å². The van der Waals surface area contributed by atoms with Crippen LogP contribution in [0, 0.1) is 5.92 Å². The summed E-state index contributed by atoms with van der Waals surface area (Å²) in [6, 6.07) is 94.8. The minimum Gasteiger partial charge on any atom is -0.310 e. The second-order valence-electron chi connectivity index (χ2n) is 21.4. The van der Waals surface area contributed by atoms with Crippen LogP contribution in [-0.2, 0) is 10.8 Å². The Morgan fingerprint density at radius 2 is 0.882 bits per heavy atom. The van der Waals surface area contributed by atoms with Crippen LogP contribution in [0.15, 0.2) is 273 Å². The molecule has 0 fully saturated rings. The van der Waals surface area contributed by atoms with Crippen LogP contribution in [0.4, 0.5) is 17.1 Å². The smallest absolute Gasteiger partial charge is 0.0755 e. The van der Waals surface area contributed by atoms with Crippen molar-refractivity contribution in [3.63, 3.8) is 0 Å². The molecule has 1 spiro atoms. The third-order valence-electron chi connectivity index (χ3n) is 18.0. The van der Waals surface area contributed by atoms with E-state index in [9.17, 15) is 0 Å². The third kappa shape index (κ3) is 5.30. The lowest BCUT2D eigenvalue weighted by atomic mass is 9.62. The lowest BCUT2D eigenvalue weighted by Crippen LogP contribution is -2.35. The lowest BCUT2D eigenvalue weighted by molar-refractivity contribution is 0.457. The SMILES string of the molecule is C1=CCC(C2(c3ccccc3)c3ccccc3-c3ccc(N(c4ccc5c(c4)C4(c6ccccc6-5)c5ccccc5-n5c6ccccc6c6cccc4c65)c4ccc5c6ccccc6c6ccccc6c5c4)cc32)C=C1. The molecule has 0 saturated heterocycles. The van der Waals surface area contributed by atoms with Crippen LogP contribution in [0.25, 0.3) is 82.1 Å². The van der Waals surface area contributed by atoms with Gasteiger partial charge in [0, 0.05) is 27.8 Å². The summed E-state index contributed by atoms with van der Waals surface area (Å²) in [4.78, 5) is 2.57. The molecule has 354 valence electrons. The van der Waals surface area contributed by atoms with Crippen molar-refractivity contribution in [2.45, 2.75) is 17.3 Å². The number of para-hydroxylation sites is 3. The molecule has 17 rings (SSSR count). The predicted octanol–water partition coefficient (Wildman–Crippen LogP) is 18.8. The van der Waals surface area contributed by atoms with Gasteiger partial charge in [-0.05, 0) is 154 Å². The van der Waals surface area contributed by atoms with E-state index in [1.165, 1.54) is 121 Å². The second-order valence-corrected chi connectivity index (χ2v) is 21.4. The van der Waals surface area contributed by atoms with Gasteiger partial charge in [-0.25, -0.2) is 0 Å². The molecule has 4 aliphatic rings. The molecule has 76 heavy (non-hydrogen) atoms. The maximum atomic E-state index is 2.57. The molecule has 0 saturated carbocycles. The minimum atomic E-state index is -0.602.